The molecule has 0 aliphatic carbocycles. The average molecular weight is 316 g/mol. The third-order valence-electron chi connectivity index (χ3n) is 2.81. The summed E-state index contributed by atoms with van der Waals surface area (Å²) >= 11 is 5.86. The smallest absolute Gasteiger partial charge is 0.265 e. The fraction of sp³-hybridized carbons (Fsp3) is 0.231. The normalized spacial score (nSPS) is 11.6. The number of aliphatic hydroxyl groups excluding tert-OH is 1. The van der Waals surface area contributed by atoms with E-state index >= 15 is 0 Å². The van der Waals surface area contributed by atoms with Crippen LogP contribution in [-0.4, -0.2) is 13.5 Å². The molecule has 0 saturated carbocycles. The number of halogens is 1. The Morgan fingerprint density at radius 2 is 2.00 bits per heavy atom. The van der Waals surface area contributed by atoms with Crippen LogP contribution in [0, 0.1) is 13.8 Å². The van der Waals surface area contributed by atoms with Crippen LogP contribution in [0.4, 0.5) is 5.69 Å². The summed E-state index contributed by atoms with van der Waals surface area (Å²) in [5, 5.41) is 9.42. The van der Waals surface area contributed by atoms with Gasteiger partial charge in [-0.25, -0.2) is 8.42 Å². The molecule has 2 aromatic rings. The molecule has 20 heavy (non-hydrogen) atoms. The molecule has 2 rings (SSSR count). The summed E-state index contributed by atoms with van der Waals surface area (Å²) in [5.41, 5.74) is 1.16. The molecular weight excluding hydrogens is 302 g/mol. The van der Waals surface area contributed by atoms with Crippen LogP contribution < -0.4 is 4.72 Å². The number of furan rings is 1. The summed E-state index contributed by atoms with van der Waals surface area (Å²) in [7, 11) is -3.79. The predicted molar refractivity (Wildman–Crippen MR) is 76.4 cm³/mol. The van der Waals surface area contributed by atoms with Crippen molar-refractivity contribution in [2.75, 3.05) is 4.72 Å². The molecule has 7 heteroatoms. The molecule has 0 radical (unpaired) electrons. The van der Waals surface area contributed by atoms with Crippen LogP contribution in [0.1, 0.15) is 17.1 Å². The molecule has 0 aliphatic heterocycles. The first kappa shape index (κ1) is 14.9. The van der Waals surface area contributed by atoms with Gasteiger partial charge in [0.1, 0.15) is 23.0 Å². The first-order valence-electron chi connectivity index (χ1n) is 5.82. The van der Waals surface area contributed by atoms with Crippen molar-refractivity contribution in [3.8, 4) is 0 Å². The second kappa shape index (κ2) is 5.47. The van der Waals surface area contributed by atoms with E-state index in [1.54, 1.807) is 19.1 Å². The SMILES string of the molecule is Cc1ccc(Cl)cc1NS(=O)(=O)c1cc(CO)oc1C. The lowest BCUT2D eigenvalue weighted by Gasteiger charge is -2.10. The minimum atomic E-state index is -3.79. The number of sulfonamides is 1. The first-order valence-corrected chi connectivity index (χ1v) is 7.69. The van der Waals surface area contributed by atoms with Crippen molar-refractivity contribution in [2.24, 2.45) is 0 Å². The molecule has 0 unspecified atom stereocenters. The first-order chi connectivity index (χ1) is 9.33. The van der Waals surface area contributed by atoms with Gasteiger partial charge in [-0.05, 0) is 31.5 Å². The van der Waals surface area contributed by atoms with E-state index in [-0.39, 0.29) is 23.0 Å². The average Bonchev–Trinajstić information content (AvgIpc) is 2.76. The van der Waals surface area contributed by atoms with Gasteiger partial charge in [0.05, 0.1) is 5.69 Å². The highest BCUT2D eigenvalue weighted by Gasteiger charge is 2.22. The number of rotatable bonds is 4. The lowest BCUT2D eigenvalue weighted by molar-refractivity contribution is 0.245. The van der Waals surface area contributed by atoms with Gasteiger partial charge in [0.2, 0.25) is 0 Å². The summed E-state index contributed by atoms with van der Waals surface area (Å²) in [6.07, 6.45) is 0. The highest BCUT2D eigenvalue weighted by atomic mass is 35.5. The molecule has 1 aromatic heterocycles. The number of aryl methyl sites for hydroxylation is 2. The Morgan fingerprint density at radius 3 is 2.60 bits per heavy atom. The van der Waals surface area contributed by atoms with E-state index in [1.807, 2.05) is 0 Å². The van der Waals surface area contributed by atoms with Gasteiger partial charge < -0.3 is 9.52 Å². The van der Waals surface area contributed by atoms with Gasteiger partial charge in [-0.15, -0.1) is 0 Å². The fourth-order valence-electron chi connectivity index (χ4n) is 1.77. The second-order valence-corrected chi connectivity index (χ2v) is 6.44. The molecular formula is C13H14ClNO4S. The summed E-state index contributed by atoms with van der Waals surface area (Å²) in [5.74, 6) is 0.423. The third kappa shape index (κ3) is 2.98. The van der Waals surface area contributed by atoms with E-state index in [0.29, 0.717) is 10.7 Å². The number of nitrogens with one attached hydrogen (secondary N) is 1. The molecule has 0 saturated heterocycles. The highest BCUT2D eigenvalue weighted by Crippen LogP contribution is 2.26. The minimum Gasteiger partial charge on any atom is -0.462 e. The van der Waals surface area contributed by atoms with Crippen molar-refractivity contribution in [1.82, 2.24) is 0 Å². The minimum absolute atomic E-state index is 0.000857. The summed E-state index contributed by atoms with van der Waals surface area (Å²) in [4.78, 5) is 0.000857. The highest BCUT2D eigenvalue weighted by molar-refractivity contribution is 7.92. The molecule has 0 spiro atoms. The lowest BCUT2D eigenvalue weighted by atomic mass is 10.2. The Balaban J connectivity index is 2.40. The maximum Gasteiger partial charge on any atom is 0.265 e. The van der Waals surface area contributed by atoms with E-state index in [1.165, 1.54) is 19.1 Å². The van der Waals surface area contributed by atoms with Crippen molar-refractivity contribution in [2.45, 2.75) is 25.3 Å². The van der Waals surface area contributed by atoms with Crippen LogP contribution in [0.2, 0.25) is 5.02 Å². The van der Waals surface area contributed by atoms with E-state index in [4.69, 9.17) is 21.1 Å². The summed E-state index contributed by atoms with van der Waals surface area (Å²) < 4.78 is 32.3. The zero-order chi connectivity index (χ0) is 14.9. The fourth-order valence-corrected chi connectivity index (χ4v) is 3.27. The zero-order valence-corrected chi connectivity index (χ0v) is 12.5. The maximum absolute atomic E-state index is 12.3. The van der Waals surface area contributed by atoms with Gasteiger partial charge in [-0.2, -0.15) is 0 Å². The van der Waals surface area contributed by atoms with Gasteiger partial charge in [0.25, 0.3) is 10.0 Å². The molecule has 2 N–H and O–H groups in total. The Labute approximate surface area is 122 Å². The largest absolute Gasteiger partial charge is 0.462 e. The van der Waals surface area contributed by atoms with E-state index in [0.717, 1.165) is 5.56 Å². The number of aliphatic hydroxyl groups is 1. The van der Waals surface area contributed by atoms with E-state index < -0.39 is 10.0 Å². The summed E-state index contributed by atoms with van der Waals surface area (Å²) in [6.45, 7) is 2.95. The Bertz CT molecular complexity index is 737. The maximum atomic E-state index is 12.3. The molecule has 0 atom stereocenters. The lowest BCUT2D eigenvalue weighted by Crippen LogP contribution is -2.14. The number of benzene rings is 1. The van der Waals surface area contributed by atoms with Crippen LogP contribution >= 0.6 is 11.6 Å². The van der Waals surface area contributed by atoms with Gasteiger partial charge in [-0.1, -0.05) is 17.7 Å². The topological polar surface area (TPSA) is 79.5 Å². The van der Waals surface area contributed by atoms with Crippen LogP contribution in [0.25, 0.3) is 0 Å². The second-order valence-electron chi connectivity index (χ2n) is 4.36. The Morgan fingerprint density at radius 1 is 1.30 bits per heavy atom. The monoisotopic (exact) mass is 315 g/mol. The van der Waals surface area contributed by atoms with Crippen molar-refractivity contribution >= 4 is 27.3 Å². The molecule has 5 nitrogen and oxygen atoms in total. The molecule has 0 fully saturated rings. The molecule has 0 aliphatic rings. The molecule has 0 bridgehead atoms. The van der Waals surface area contributed by atoms with E-state index in [2.05, 4.69) is 4.72 Å². The van der Waals surface area contributed by atoms with Crippen molar-refractivity contribution in [1.29, 1.82) is 0 Å². The van der Waals surface area contributed by atoms with Gasteiger partial charge in [-0.3, -0.25) is 4.72 Å². The summed E-state index contributed by atoms with van der Waals surface area (Å²) in [6, 6.07) is 6.25. The van der Waals surface area contributed by atoms with Crippen molar-refractivity contribution in [3.63, 3.8) is 0 Å². The predicted octanol–water partition coefficient (Wildman–Crippen LogP) is 2.84. The Hall–Kier alpha value is -1.50. The molecule has 1 heterocycles. The standard InChI is InChI=1S/C13H14ClNO4S/c1-8-3-4-10(14)5-12(8)15-20(17,18)13-6-11(7-16)19-9(13)2/h3-6,15-16H,7H2,1-2H3. The van der Waals surface area contributed by atoms with Crippen molar-refractivity contribution in [3.05, 3.63) is 46.4 Å². The van der Waals surface area contributed by atoms with E-state index in [9.17, 15) is 8.42 Å². The van der Waals surface area contributed by atoms with Crippen LogP contribution in [-0.2, 0) is 16.6 Å². The van der Waals surface area contributed by atoms with Crippen LogP contribution in [0.15, 0.2) is 33.6 Å². The zero-order valence-electron chi connectivity index (χ0n) is 11.0. The van der Waals surface area contributed by atoms with Gasteiger partial charge >= 0.3 is 0 Å². The molecule has 1 aromatic carbocycles. The number of hydrogen-bond donors (Lipinski definition) is 2. The van der Waals surface area contributed by atoms with Crippen molar-refractivity contribution < 1.29 is 17.9 Å². The molecule has 108 valence electrons. The van der Waals surface area contributed by atoms with Gasteiger partial charge in [0.15, 0.2) is 0 Å². The number of anilines is 1. The van der Waals surface area contributed by atoms with Crippen LogP contribution in [0.3, 0.4) is 0 Å². The van der Waals surface area contributed by atoms with Crippen LogP contribution in [0.5, 0.6) is 0 Å². The third-order valence-corrected chi connectivity index (χ3v) is 4.52. The number of hydrogen-bond acceptors (Lipinski definition) is 4. The van der Waals surface area contributed by atoms with Gasteiger partial charge in [0, 0.05) is 11.1 Å². The Kier molecular flexibility index (Phi) is 4.08. The quantitative estimate of drug-likeness (QED) is 0.909. The molecule has 0 amide bonds.